The fourth-order valence-corrected chi connectivity index (χ4v) is 3.36. The average Bonchev–Trinajstić information content (AvgIpc) is 2.88. The van der Waals surface area contributed by atoms with Gasteiger partial charge in [0.15, 0.2) is 0 Å². The summed E-state index contributed by atoms with van der Waals surface area (Å²) in [6.07, 6.45) is 5.30. The van der Waals surface area contributed by atoms with Crippen LogP contribution in [0.1, 0.15) is 44.2 Å². The van der Waals surface area contributed by atoms with Crippen LogP contribution >= 0.6 is 22.6 Å². The van der Waals surface area contributed by atoms with Gasteiger partial charge in [-0.15, -0.1) is 0 Å². The third-order valence-electron chi connectivity index (χ3n) is 3.53. The first-order valence-electron chi connectivity index (χ1n) is 6.90. The second-order valence-corrected chi connectivity index (χ2v) is 6.01. The molecule has 1 aromatic carbocycles. The topological polar surface area (TPSA) is 21.3 Å². The predicted molar refractivity (Wildman–Crippen MR) is 83.8 cm³/mol. The molecule has 1 heterocycles. The number of nitrogens with one attached hydrogen (secondary N) is 1. The molecule has 2 unspecified atom stereocenters. The van der Waals surface area contributed by atoms with E-state index >= 15 is 0 Å². The number of hydrogen-bond acceptors (Lipinski definition) is 2. The van der Waals surface area contributed by atoms with Gasteiger partial charge in [-0.05, 0) is 66.4 Å². The van der Waals surface area contributed by atoms with Gasteiger partial charge in [0.05, 0.1) is 6.10 Å². The maximum absolute atomic E-state index is 5.72. The minimum atomic E-state index is 0.465. The van der Waals surface area contributed by atoms with Crippen LogP contribution in [0, 0.1) is 3.57 Å². The molecule has 1 N–H and O–H groups in total. The third kappa shape index (κ3) is 3.93. The molecule has 100 valence electrons. The summed E-state index contributed by atoms with van der Waals surface area (Å²) in [6.45, 7) is 4.15. The van der Waals surface area contributed by atoms with Gasteiger partial charge >= 0.3 is 0 Å². The van der Waals surface area contributed by atoms with Crippen molar-refractivity contribution in [1.29, 1.82) is 0 Å². The molecule has 0 spiro atoms. The normalized spacial score (nSPS) is 21.1. The quantitative estimate of drug-likeness (QED) is 0.778. The SMILES string of the molecule is CCNC(CCC1CCCO1)c1ccccc1I. The van der Waals surface area contributed by atoms with Crippen LogP contribution in [0.3, 0.4) is 0 Å². The van der Waals surface area contributed by atoms with E-state index < -0.39 is 0 Å². The van der Waals surface area contributed by atoms with E-state index in [1.54, 1.807) is 0 Å². The van der Waals surface area contributed by atoms with Crippen LogP contribution in [0.5, 0.6) is 0 Å². The number of rotatable bonds is 6. The summed E-state index contributed by atoms with van der Waals surface area (Å²) < 4.78 is 7.07. The van der Waals surface area contributed by atoms with Crippen molar-refractivity contribution in [2.24, 2.45) is 0 Å². The zero-order valence-corrected chi connectivity index (χ0v) is 13.2. The van der Waals surface area contributed by atoms with E-state index in [1.807, 2.05) is 0 Å². The lowest BCUT2D eigenvalue weighted by Crippen LogP contribution is -2.23. The highest BCUT2D eigenvalue weighted by Gasteiger charge is 2.19. The van der Waals surface area contributed by atoms with Gasteiger partial charge in [-0.25, -0.2) is 0 Å². The summed E-state index contributed by atoms with van der Waals surface area (Å²) in [5.74, 6) is 0. The molecule has 2 nitrogen and oxygen atoms in total. The molecule has 3 heteroatoms. The van der Waals surface area contributed by atoms with Gasteiger partial charge in [0.2, 0.25) is 0 Å². The molecule has 2 atom stereocenters. The Balaban J connectivity index is 1.96. The van der Waals surface area contributed by atoms with E-state index in [4.69, 9.17) is 4.74 Å². The van der Waals surface area contributed by atoms with Crippen LogP contribution < -0.4 is 5.32 Å². The smallest absolute Gasteiger partial charge is 0.0576 e. The fraction of sp³-hybridized carbons (Fsp3) is 0.600. The van der Waals surface area contributed by atoms with Crippen LogP contribution in [0.4, 0.5) is 0 Å². The van der Waals surface area contributed by atoms with Crippen LogP contribution in [-0.4, -0.2) is 19.3 Å². The summed E-state index contributed by atoms with van der Waals surface area (Å²) in [5, 5.41) is 3.60. The fourth-order valence-electron chi connectivity index (χ4n) is 2.60. The Kier molecular flexibility index (Phi) is 5.92. The minimum Gasteiger partial charge on any atom is -0.378 e. The zero-order chi connectivity index (χ0) is 12.8. The molecule has 2 rings (SSSR count). The highest BCUT2D eigenvalue weighted by Crippen LogP contribution is 2.26. The van der Waals surface area contributed by atoms with Gasteiger partial charge in [-0.2, -0.15) is 0 Å². The largest absolute Gasteiger partial charge is 0.378 e. The van der Waals surface area contributed by atoms with Crippen molar-refractivity contribution in [3.05, 3.63) is 33.4 Å². The van der Waals surface area contributed by atoms with E-state index in [-0.39, 0.29) is 0 Å². The van der Waals surface area contributed by atoms with E-state index in [2.05, 4.69) is 59.1 Å². The molecule has 0 amide bonds. The number of halogens is 1. The van der Waals surface area contributed by atoms with E-state index in [1.165, 1.54) is 34.8 Å². The Hall–Kier alpha value is -0.130. The Morgan fingerprint density at radius 3 is 2.94 bits per heavy atom. The molecule has 1 fully saturated rings. The predicted octanol–water partition coefficient (Wildman–Crippen LogP) is 3.90. The molecule has 0 aliphatic carbocycles. The molecule has 0 bridgehead atoms. The standard InChI is InChI=1S/C15H22INO/c1-2-17-15(10-9-12-6-5-11-18-12)13-7-3-4-8-14(13)16/h3-4,7-8,12,15,17H,2,5-6,9-11H2,1H3. The summed E-state index contributed by atoms with van der Waals surface area (Å²) in [7, 11) is 0. The van der Waals surface area contributed by atoms with Gasteiger partial charge in [0.1, 0.15) is 0 Å². The van der Waals surface area contributed by atoms with Crippen LogP contribution in [0.15, 0.2) is 24.3 Å². The maximum atomic E-state index is 5.72. The van der Waals surface area contributed by atoms with Crippen molar-refractivity contribution in [2.45, 2.75) is 44.8 Å². The number of ether oxygens (including phenoxy) is 1. The molecule has 0 radical (unpaired) electrons. The molecule has 18 heavy (non-hydrogen) atoms. The van der Waals surface area contributed by atoms with Crippen LogP contribution in [-0.2, 0) is 4.74 Å². The molecule has 1 aliphatic heterocycles. The first kappa shape index (κ1) is 14.3. The van der Waals surface area contributed by atoms with Crippen molar-refractivity contribution in [3.8, 4) is 0 Å². The molecule has 1 aliphatic rings. The Labute approximate surface area is 124 Å². The Morgan fingerprint density at radius 1 is 1.44 bits per heavy atom. The third-order valence-corrected chi connectivity index (χ3v) is 4.51. The van der Waals surface area contributed by atoms with Crippen LogP contribution in [0.25, 0.3) is 0 Å². The first-order valence-corrected chi connectivity index (χ1v) is 7.98. The molecule has 0 aromatic heterocycles. The lowest BCUT2D eigenvalue weighted by Gasteiger charge is -2.21. The lowest BCUT2D eigenvalue weighted by molar-refractivity contribution is 0.0996. The summed E-state index contributed by atoms with van der Waals surface area (Å²) in [5.41, 5.74) is 1.43. The summed E-state index contributed by atoms with van der Waals surface area (Å²) in [4.78, 5) is 0. The average molecular weight is 359 g/mol. The van der Waals surface area contributed by atoms with E-state index in [0.717, 1.165) is 13.2 Å². The van der Waals surface area contributed by atoms with E-state index in [9.17, 15) is 0 Å². The van der Waals surface area contributed by atoms with Gasteiger partial charge in [-0.3, -0.25) is 0 Å². The van der Waals surface area contributed by atoms with Gasteiger partial charge < -0.3 is 10.1 Å². The Morgan fingerprint density at radius 2 is 2.28 bits per heavy atom. The number of benzene rings is 1. The molecular formula is C15H22INO. The van der Waals surface area contributed by atoms with E-state index in [0.29, 0.717) is 12.1 Å². The molecule has 1 aromatic rings. The van der Waals surface area contributed by atoms with Crippen molar-refractivity contribution in [1.82, 2.24) is 5.32 Å². The van der Waals surface area contributed by atoms with Gasteiger partial charge in [0.25, 0.3) is 0 Å². The highest BCUT2D eigenvalue weighted by atomic mass is 127. The molecular weight excluding hydrogens is 337 g/mol. The van der Waals surface area contributed by atoms with Crippen molar-refractivity contribution in [3.63, 3.8) is 0 Å². The van der Waals surface area contributed by atoms with Crippen molar-refractivity contribution < 1.29 is 4.74 Å². The molecule has 0 saturated carbocycles. The molecule has 1 saturated heterocycles. The second-order valence-electron chi connectivity index (χ2n) is 4.84. The van der Waals surface area contributed by atoms with Crippen LogP contribution in [0.2, 0.25) is 0 Å². The first-order chi connectivity index (χ1) is 8.81. The van der Waals surface area contributed by atoms with Crippen molar-refractivity contribution in [2.75, 3.05) is 13.2 Å². The maximum Gasteiger partial charge on any atom is 0.0576 e. The summed E-state index contributed by atoms with van der Waals surface area (Å²) in [6, 6.07) is 9.13. The Bertz CT molecular complexity index is 363. The minimum absolute atomic E-state index is 0.465. The van der Waals surface area contributed by atoms with Crippen molar-refractivity contribution >= 4 is 22.6 Å². The number of hydrogen-bond donors (Lipinski definition) is 1. The zero-order valence-electron chi connectivity index (χ0n) is 11.0. The highest BCUT2D eigenvalue weighted by molar-refractivity contribution is 14.1. The van der Waals surface area contributed by atoms with Gasteiger partial charge in [0, 0.05) is 16.2 Å². The summed E-state index contributed by atoms with van der Waals surface area (Å²) >= 11 is 2.43. The lowest BCUT2D eigenvalue weighted by atomic mass is 9.99. The monoisotopic (exact) mass is 359 g/mol. The van der Waals surface area contributed by atoms with Gasteiger partial charge in [-0.1, -0.05) is 25.1 Å². The second kappa shape index (κ2) is 7.46.